The first-order chi connectivity index (χ1) is 4.55. The minimum atomic E-state index is 0.738. The van der Waals surface area contributed by atoms with Crippen LogP contribution < -0.4 is 0 Å². The van der Waals surface area contributed by atoms with E-state index >= 15 is 0 Å². The van der Waals surface area contributed by atoms with Crippen molar-refractivity contribution in [3.05, 3.63) is 0 Å². The van der Waals surface area contributed by atoms with E-state index in [-0.39, 0.29) is 0 Å². The molecule has 0 aromatic heterocycles. The molecule has 1 heterocycles. The van der Waals surface area contributed by atoms with Gasteiger partial charge in [-0.25, -0.2) is 0 Å². The molecule has 1 saturated heterocycles. The summed E-state index contributed by atoms with van der Waals surface area (Å²) in [5.74, 6) is 0.831. The molecule has 1 rings (SSSR count). The Labute approximate surface area is 64.4 Å². The molecule has 1 unspecified atom stereocenters. The minimum Gasteiger partial charge on any atom is -0.292 e. The zero-order chi connectivity index (χ0) is 7.89. The summed E-state index contributed by atoms with van der Waals surface area (Å²) in [5.41, 5.74) is 0. The van der Waals surface area contributed by atoms with Gasteiger partial charge in [-0.1, -0.05) is 13.8 Å². The molecule has 1 nitrogen and oxygen atoms in total. The van der Waals surface area contributed by atoms with Gasteiger partial charge in [0.15, 0.2) is 0 Å². The van der Waals surface area contributed by atoms with Gasteiger partial charge in [0.2, 0.25) is 0 Å². The molecule has 10 heavy (non-hydrogen) atoms. The van der Waals surface area contributed by atoms with Gasteiger partial charge in [-0.05, 0) is 26.7 Å². The highest BCUT2D eigenvalue weighted by Crippen LogP contribution is 2.35. The minimum absolute atomic E-state index is 0.738. The molecule has 60 valence electrons. The van der Waals surface area contributed by atoms with E-state index in [4.69, 9.17) is 0 Å². The normalized spacial score (nSPS) is 39.3. The fraction of sp³-hybridized carbons (Fsp3) is 1.00. The monoisotopic (exact) mass is 141 g/mol. The molecule has 1 aliphatic rings. The molecule has 1 fully saturated rings. The second-order valence-corrected chi connectivity index (χ2v) is 4.02. The first-order valence-corrected chi connectivity index (χ1v) is 4.33. The molecule has 1 heteroatoms. The van der Waals surface area contributed by atoms with Crippen molar-refractivity contribution in [3.8, 4) is 0 Å². The van der Waals surface area contributed by atoms with Crippen molar-refractivity contribution in [1.82, 2.24) is 4.90 Å². The molecule has 0 aromatic carbocycles. The molecule has 0 saturated carbocycles. The lowest BCUT2D eigenvalue weighted by atomic mass is 10.1. The molecular weight excluding hydrogens is 122 g/mol. The second kappa shape index (κ2) is 2.54. The zero-order valence-electron chi connectivity index (χ0n) is 7.76. The maximum Gasteiger partial charge on any atom is 0.0278 e. The highest BCUT2D eigenvalue weighted by atomic mass is 15.4. The smallest absolute Gasteiger partial charge is 0.0278 e. The highest BCUT2D eigenvalue weighted by Gasteiger charge is 2.46. The van der Waals surface area contributed by atoms with Gasteiger partial charge in [0.25, 0.3) is 0 Å². The topological polar surface area (TPSA) is 3.01 Å². The van der Waals surface area contributed by atoms with Crippen LogP contribution in [0.25, 0.3) is 0 Å². The molecule has 3 atom stereocenters. The third-order valence-electron chi connectivity index (χ3n) is 2.50. The van der Waals surface area contributed by atoms with Gasteiger partial charge in [0.05, 0.1) is 0 Å². The van der Waals surface area contributed by atoms with Crippen LogP contribution >= 0.6 is 0 Å². The second-order valence-electron chi connectivity index (χ2n) is 4.02. The standard InChI is InChI=1S/C9H19N/c1-6(2)9-8(5)10(9)7(3)4/h6-9H,1-5H3/t8-,9-,10?/m0/s1. The van der Waals surface area contributed by atoms with Gasteiger partial charge < -0.3 is 0 Å². The van der Waals surface area contributed by atoms with Crippen molar-refractivity contribution in [2.45, 2.75) is 52.7 Å². The fourth-order valence-corrected chi connectivity index (χ4v) is 2.11. The van der Waals surface area contributed by atoms with Gasteiger partial charge in [0, 0.05) is 18.1 Å². The average Bonchev–Trinajstić information content (AvgIpc) is 2.40. The van der Waals surface area contributed by atoms with E-state index in [0.717, 1.165) is 24.0 Å². The third-order valence-corrected chi connectivity index (χ3v) is 2.50. The molecule has 1 aliphatic heterocycles. The lowest BCUT2D eigenvalue weighted by Gasteiger charge is -2.08. The summed E-state index contributed by atoms with van der Waals surface area (Å²) in [6.07, 6.45) is 0. The SMILES string of the molecule is CC(C)[C@H]1[C@H](C)N1C(C)C. The van der Waals surface area contributed by atoms with E-state index < -0.39 is 0 Å². The van der Waals surface area contributed by atoms with Crippen LogP contribution in [0.5, 0.6) is 0 Å². The van der Waals surface area contributed by atoms with E-state index in [0.29, 0.717) is 0 Å². The van der Waals surface area contributed by atoms with Crippen LogP contribution in [-0.2, 0) is 0 Å². The van der Waals surface area contributed by atoms with Gasteiger partial charge in [-0.15, -0.1) is 0 Å². The van der Waals surface area contributed by atoms with E-state index in [1.165, 1.54) is 0 Å². The van der Waals surface area contributed by atoms with Crippen molar-refractivity contribution in [1.29, 1.82) is 0 Å². The summed E-state index contributed by atoms with van der Waals surface area (Å²) < 4.78 is 0. The van der Waals surface area contributed by atoms with E-state index in [1.807, 2.05) is 0 Å². The first-order valence-electron chi connectivity index (χ1n) is 4.33. The molecule has 0 spiro atoms. The molecule has 0 aromatic rings. The maximum absolute atomic E-state index is 2.57. The fourth-order valence-electron chi connectivity index (χ4n) is 2.11. The summed E-state index contributed by atoms with van der Waals surface area (Å²) in [6.45, 7) is 11.5. The van der Waals surface area contributed by atoms with Crippen LogP contribution in [0.15, 0.2) is 0 Å². The van der Waals surface area contributed by atoms with Gasteiger partial charge >= 0.3 is 0 Å². The lowest BCUT2D eigenvalue weighted by Crippen LogP contribution is -2.15. The van der Waals surface area contributed by atoms with E-state index in [1.54, 1.807) is 0 Å². The number of rotatable bonds is 2. The maximum atomic E-state index is 2.57. The molecule has 0 radical (unpaired) electrons. The summed E-state index contributed by atoms with van der Waals surface area (Å²) >= 11 is 0. The Morgan fingerprint density at radius 2 is 1.60 bits per heavy atom. The molecule has 0 aliphatic carbocycles. The number of hydrogen-bond donors (Lipinski definition) is 0. The van der Waals surface area contributed by atoms with Crippen LogP contribution in [0.1, 0.15) is 34.6 Å². The Balaban J connectivity index is 2.41. The summed E-state index contributed by atoms with van der Waals surface area (Å²) in [5, 5.41) is 0. The molecular formula is C9H19N. The average molecular weight is 141 g/mol. The van der Waals surface area contributed by atoms with Crippen molar-refractivity contribution < 1.29 is 0 Å². The summed E-state index contributed by atoms with van der Waals surface area (Å²) in [7, 11) is 0. The third kappa shape index (κ3) is 1.20. The van der Waals surface area contributed by atoms with E-state index in [2.05, 4.69) is 39.5 Å². The predicted molar refractivity (Wildman–Crippen MR) is 45.1 cm³/mol. The van der Waals surface area contributed by atoms with Crippen molar-refractivity contribution in [3.63, 3.8) is 0 Å². The summed E-state index contributed by atoms with van der Waals surface area (Å²) in [6, 6.07) is 2.43. The Hall–Kier alpha value is -0.0400. The predicted octanol–water partition coefficient (Wildman–Crippen LogP) is 2.12. The molecule has 0 bridgehead atoms. The largest absolute Gasteiger partial charge is 0.292 e. The Bertz CT molecular complexity index is 104. The molecule has 0 N–H and O–H groups in total. The Kier molecular flexibility index (Phi) is 2.04. The van der Waals surface area contributed by atoms with Crippen LogP contribution in [0.4, 0.5) is 0 Å². The highest BCUT2D eigenvalue weighted by molar-refractivity contribution is 5.02. The van der Waals surface area contributed by atoms with Crippen LogP contribution in [0.2, 0.25) is 0 Å². The van der Waals surface area contributed by atoms with Crippen LogP contribution in [-0.4, -0.2) is 23.0 Å². The van der Waals surface area contributed by atoms with Gasteiger partial charge in [0.1, 0.15) is 0 Å². The summed E-state index contributed by atoms with van der Waals surface area (Å²) in [4.78, 5) is 2.57. The quantitative estimate of drug-likeness (QED) is 0.532. The number of hydrogen-bond acceptors (Lipinski definition) is 1. The van der Waals surface area contributed by atoms with Crippen molar-refractivity contribution in [2.75, 3.05) is 0 Å². The van der Waals surface area contributed by atoms with E-state index in [9.17, 15) is 0 Å². The molecule has 0 amide bonds. The van der Waals surface area contributed by atoms with Crippen LogP contribution in [0.3, 0.4) is 0 Å². The van der Waals surface area contributed by atoms with Crippen molar-refractivity contribution in [2.24, 2.45) is 5.92 Å². The van der Waals surface area contributed by atoms with Crippen molar-refractivity contribution >= 4 is 0 Å². The first kappa shape index (κ1) is 8.06. The zero-order valence-corrected chi connectivity index (χ0v) is 7.76. The van der Waals surface area contributed by atoms with Gasteiger partial charge in [-0.2, -0.15) is 0 Å². The Morgan fingerprint density at radius 1 is 1.10 bits per heavy atom. The number of nitrogens with zero attached hydrogens (tertiary/aromatic N) is 1. The Morgan fingerprint density at radius 3 is 1.70 bits per heavy atom. The van der Waals surface area contributed by atoms with Gasteiger partial charge in [-0.3, -0.25) is 4.90 Å². The lowest BCUT2D eigenvalue weighted by molar-refractivity contribution is 0.372. The van der Waals surface area contributed by atoms with Crippen LogP contribution in [0, 0.1) is 5.92 Å².